The van der Waals surface area contributed by atoms with Crippen LogP contribution in [-0.2, 0) is 4.79 Å². The number of ether oxygens (including phenoxy) is 2. The number of likely N-dealkylation sites (tertiary alicyclic amines) is 1. The third-order valence-corrected chi connectivity index (χ3v) is 5.69. The number of hydrogen-bond acceptors (Lipinski definition) is 4. The molecule has 1 amide bonds. The normalized spacial score (nSPS) is 15.1. The number of nitrogens with zero attached hydrogens (tertiary/aromatic N) is 1. The molecular weight excluding hydrogens is 364 g/mol. The van der Waals surface area contributed by atoms with Crippen LogP contribution in [0.5, 0.6) is 11.5 Å². The summed E-state index contributed by atoms with van der Waals surface area (Å²) in [5.74, 6) is 1.71. The number of amides is 1. The van der Waals surface area contributed by atoms with Gasteiger partial charge in [-0.3, -0.25) is 9.69 Å². The van der Waals surface area contributed by atoms with Gasteiger partial charge in [-0.2, -0.15) is 0 Å². The number of methoxy groups -OCH3 is 1. The van der Waals surface area contributed by atoms with E-state index in [1.807, 2.05) is 31.2 Å². The van der Waals surface area contributed by atoms with E-state index in [0.29, 0.717) is 19.6 Å². The second kappa shape index (κ2) is 10.3. The second-order valence-corrected chi connectivity index (χ2v) is 7.64. The first-order valence-corrected chi connectivity index (χ1v) is 10.4. The first-order valence-electron chi connectivity index (χ1n) is 10.4. The number of carbonyl (C=O) groups is 1. The van der Waals surface area contributed by atoms with Gasteiger partial charge in [0.2, 0.25) is 5.91 Å². The van der Waals surface area contributed by atoms with Crippen LogP contribution >= 0.6 is 0 Å². The highest BCUT2D eigenvalue weighted by atomic mass is 16.5. The molecule has 0 radical (unpaired) electrons. The fourth-order valence-electron chi connectivity index (χ4n) is 3.79. The van der Waals surface area contributed by atoms with Crippen LogP contribution in [0, 0.1) is 13.8 Å². The molecule has 5 nitrogen and oxygen atoms in total. The third-order valence-electron chi connectivity index (χ3n) is 5.69. The monoisotopic (exact) mass is 396 g/mol. The predicted octanol–water partition coefficient (Wildman–Crippen LogP) is 4.03. The Morgan fingerprint density at radius 2 is 1.90 bits per heavy atom. The van der Waals surface area contributed by atoms with Gasteiger partial charge < -0.3 is 14.8 Å². The molecule has 0 aliphatic carbocycles. The molecule has 0 spiro atoms. The Morgan fingerprint density at radius 1 is 1.14 bits per heavy atom. The zero-order valence-corrected chi connectivity index (χ0v) is 17.7. The average molecular weight is 397 g/mol. The highest BCUT2D eigenvalue weighted by molar-refractivity contribution is 5.76. The first-order chi connectivity index (χ1) is 14.1. The van der Waals surface area contributed by atoms with Gasteiger partial charge in [0.25, 0.3) is 0 Å². The molecule has 1 unspecified atom stereocenters. The lowest BCUT2D eigenvalue weighted by Gasteiger charge is -2.28. The Kier molecular flexibility index (Phi) is 7.53. The third kappa shape index (κ3) is 5.73. The lowest BCUT2D eigenvalue weighted by atomic mass is 10.0. The molecule has 29 heavy (non-hydrogen) atoms. The van der Waals surface area contributed by atoms with Gasteiger partial charge in [-0.1, -0.05) is 24.3 Å². The molecule has 3 rings (SSSR count). The molecule has 5 heteroatoms. The minimum atomic E-state index is 0.0161. The number of rotatable bonds is 9. The molecule has 1 saturated heterocycles. The van der Waals surface area contributed by atoms with Crippen LogP contribution in [0.3, 0.4) is 0 Å². The first kappa shape index (κ1) is 21.2. The van der Waals surface area contributed by atoms with Gasteiger partial charge in [-0.05, 0) is 74.7 Å². The van der Waals surface area contributed by atoms with Crippen molar-refractivity contribution in [2.45, 2.75) is 39.2 Å². The minimum Gasteiger partial charge on any atom is -0.497 e. The van der Waals surface area contributed by atoms with E-state index in [4.69, 9.17) is 9.47 Å². The minimum absolute atomic E-state index is 0.0161. The predicted molar refractivity (Wildman–Crippen MR) is 116 cm³/mol. The van der Waals surface area contributed by atoms with E-state index >= 15 is 0 Å². The van der Waals surface area contributed by atoms with E-state index in [1.54, 1.807) is 7.11 Å². The summed E-state index contributed by atoms with van der Waals surface area (Å²) in [5, 5.41) is 3.11. The quantitative estimate of drug-likeness (QED) is 0.695. The molecule has 1 atom stereocenters. The maximum absolute atomic E-state index is 12.4. The molecule has 1 aliphatic heterocycles. The highest BCUT2D eigenvalue weighted by Gasteiger charge is 2.24. The van der Waals surface area contributed by atoms with Crippen molar-refractivity contribution in [1.29, 1.82) is 0 Å². The number of nitrogens with one attached hydrogen (secondary N) is 1. The van der Waals surface area contributed by atoms with Crippen LogP contribution in [0.15, 0.2) is 42.5 Å². The van der Waals surface area contributed by atoms with Crippen LogP contribution in [0.1, 0.15) is 42.0 Å². The van der Waals surface area contributed by atoms with Crippen LogP contribution in [0.25, 0.3) is 0 Å². The Hall–Kier alpha value is -2.53. The number of hydrogen-bond donors (Lipinski definition) is 1. The van der Waals surface area contributed by atoms with E-state index in [2.05, 4.69) is 35.3 Å². The summed E-state index contributed by atoms with van der Waals surface area (Å²) in [6, 6.07) is 14.3. The Morgan fingerprint density at radius 3 is 2.66 bits per heavy atom. The molecular formula is C24H32N2O3. The number of carbonyl (C=O) groups excluding carboxylic acids is 1. The summed E-state index contributed by atoms with van der Waals surface area (Å²) in [6.45, 7) is 7.20. The molecule has 1 heterocycles. The molecule has 1 fully saturated rings. The summed E-state index contributed by atoms with van der Waals surface area (Å²) >= 11 is 0. The highest BCUT2D eigenvalue weighted by Crippen LogP contribution is 2.27. The largest absolute Gasteiger partial charge is 0.497 e. The van der Waals surface area contributed by atoms with Crippen LogP contribution in [0.2, 0.25) is 0 Å². The van der Waals surface area contributed by atoms with Crippen molar-refractivity contribution in [1.82, 2.24) is 10.2 Å². The topological polar surface area (TPSA) is 50.8 Å². The molecule has 2 aromatic rings. The molecule has 2 aromatic carbocycles. The van der Waals surface area contributed by atoms with E-state index in [-0.39, 0.29) is 11.9 Å². The van der Waals surface area contributed by atoms with E-state index in [1.165, 1.54) is 24.0 Å². The summed E-state index contributed by atoms with van der Waals surface area (Å²) in [6.07, 6.45) is 2.76. The number of aryl methyl sites for hydroxylation is 1. The smallest absolute Gasteiger partial charge is 0.223 e. The maximum Gasteiger partial charge on any atom is 0.223 e. The summed E-state index contributed by atoms with van der Waals surface area (Å²) in [4.78, 5) is 14.9. The fourth-order valence-corrected chi connectivity index (χ4v) is 3.79. The van der Waals surface area contributed by atoms with Crippen molar-refractivity contribution in [3.63, 3.8) is 0 Å². The molecule has 0 bridgehead atoms. The van der Waals surface area contributed by atoms with Gasteiger partial charge >= 0.3 is 0 Å². The molecule has 0 aromatic heterocycles. The van der Waals surface area contributed by atoms with E-state index in [0.717, 1.165) is 30.2 Å². The Balaban J connectivity index is 1.54. The van der Waals surface area contributed by atoms with Crippen molar-refractivity contribution >= 4 is 5.91 Å². The van der Waals surface area contributed by atoms with Crippen molar-refractivity contribution in [2.24, 2.45) is 0 Å². The summed E-state index contributed by atoms with van der Waals surface area (Å²) in [5.41, 5.74) is 3.50. The molecule has 0 saturated carbocycles. The average Bonchev–Trinajstić information content (AvgIpc) is 3.26. The maximum atomic E-state index is 12.4. The van der Waals surface area contributed by atoms with Crippen molar-refractivity contribution in [3.8, 4) is 11.5 Å². The summed E-state index contributed by atoms with van der Waals surface area (Å²) < 4.78 is 11.2. The molecule has 1 aliphatic rings. The van der Waals surface area contributed by atoms with Gasteiger partial charge in [0, 0.05) is 6.54 Å². The second-order valence-electron chi connectivity index (χ2n) is 7.64. The zero-order valence-electron chi connectivity index (χ0n) is 17.7. The van der Waals surface area contributed by atoms with Gasteiger partial charge in [0.15, 0.2) is 0 Å². The van der Waals surface area contributed by atoms with Gasteiger partial charge in [-0.25, -0.2) is 0 Å². The van der Waals surface area contributed by atoms with E-state index < -0.39 is 0 Å². The van der Waals surface area contributed by atoms with Gasteiger partial charge in [0.05, 0.1) is 26.2 Å². The standard InChI is InChI=1S/C24H32N2O3/c1-18-8-6-11-23(19(18)2)29-15-12-24(27)25-17-22(26-13-4-5-14-26)20-9-7-10-21(16-20)28-3/h6-11,16,22H,4-5,12-15,17H2,1-3H3,(H,25,27). The van der Waals surface area contributed by atoms with Crippen molar-refractivity contribution < 1.29 is 14.3 Å². The van der Waals surface area contributed by atoms with Gasteiger partial charge in [-0.15, -0.1) is 0 Å². The van der Waals surface area contributed by atoms with Crippen molar-refractivity contribution in [2.75, 3.05) is 33.4 Å². The lowest BCUT2D eigenvalue weighted by molar-refractivity contribution is -0.121. The fraction of sp³-hybridized carbons (Fsp3) is 0.458. The van der Waals surface area contributed by atoms with Crippen LogP contribution < -0.4 is 14.8 Å². The molecule has 156 valence electrons. The number of benzene rings is 2. The van der Waals surface area contributed by atoms with Crippen LogP contribution in [0.4, 0.5) is 0 Å². The SMILES string of the molecule is COc1cccc(C(CNC(=O)CCOc2cccc(C)c2C)N2CCCC2)c1. The zero-order chi connectivity index (χ0) is 20.6. The van der Waals surface area contributed by atoms with Crippen LogP contribution in [-0.4, -0.2) is 44.2 Å². The summed E-state index contributed by atoms with van der Waals surface area (Å²) in [7, 11) is 1.68. The molecule has 1 N–H and O–H groups in total. The Bertz CT molecular complexity index is 816. The van der Waals surface area contributed by atoms with E-state index in [9.17, 15) is 4.79 Å². The van der Waals surface area contributed by atoms with Crippen molar-refractivity contribution in [3.05, 3.63) is 59.2 Å². The van der Waals surface area contributed by atoms with Gasteiger partial charge in [0.1, 0.15) is 11.5 Å². The lowest BCUT2D eigenvalue weighted by Crippen LogP contribution is -2.37. The Labute approximate surface area is 174 Å².